The number of urea groups is 1. The average Bonchev–Trinajstić information content (AvgIpc) is 2.45. The summed E-state index contributed by atoms with van der Waals surface area (Å²) in [5, 5.41) is 15.0. The van der Waals surface area contributed by atoms with E-state index >= 15 is 0 Å². The number of ether oxygens (including phenoxy) is 1. The van der Waals surface area contributed by atoms with E-state index in [0.29, 0.717) is 12.1 Å². The van der Waals surface area contributed by atoms with Gasteiger partial charge in [0.05, 0.1) is 16.7 Å². The number of methoxy groups -OCH3 is 1. The van der Waals surface area contributed by atoms with Gasteiger partial charge in [0.1, 0.15) is 5.82 Å². The average molecular weight is 319 g/mol. The number of hydrogen-bond donors (Lipinski definition) is 3. The molecule has 21 heavy (non-hydrogen) atoms. The van der Waals surface area contributed by atoms with E-state index in [9.17, 15) is 14.3 Å². The summed E-state index contributed by atoms with van der Waals surface area (Å²) in [6.45, 7) is 3.94. The second kappa shape index (κ2) is 7.59. The Hall–Kier alpha value is -1.37. The normalized spacial score (nSPS) is 12.9. The number of halogens is 2. The van der Waals surface area contributed by atoms with E-state index in [4.69, 9.17) is 16.3 Å². The number of rotatable bonds is 6. The summed E-state index contributed by atoms with van der Waals surface area (Å²) in [5.74, 6) is -0.612. The Labute approximate surface area is 128 Å². The molecule has 0 aromatic heterocycles. The number of carbonyl (C=O) groups excluding carboxylic acids is 1. The Morgan fingerprint density at radius 1 is 1.48 bits per heavy atom. The van der Waals surface area contributed by atoms with E-state index in [0.717, 1.165) is 6.07 Å². The van der Waals surface area contributed by atoms with Crippen LogP contribution in [0.2, 0.25) is 5.02 Å². The number of benzene rings is 1. The van der Waals surface area contributed by atoms with Crippen LogP contribution in [-0.4, -0.2) is 36.9 Å². The SMILES string of the molecule is COC(C)(C)CNC(=O)NC[C@@H](O)c1ccc(Cl)c(F)c1. The van der Waals surface area contributed by atoms with Gasteiger partial charge in [0.25, 0.3) is 0 Å². The molecule has 0 radical (unpaired) electrons. The van der Waals surface area contributed by atoms with Crippen molar-refractivity contribution in [2.24, 2.45) is 0 Å². The van der Waals surface area contributed by atoms with E-state index in [2.05, 4.69) is 10.6 Å². The van der Waals surface area contributed by atoms with Crippen molar-refractivity contribution in [3.05, 3.63) is 34.6 Å². The lowest BCUT2D eigenvalue weighted by Gasteiger charge is -2.23. The van der Waals surface area contributed by atoms with Gasteiger partial charge in [-0.3, -0.25) is 0 Å². The van der Waals surface area contributed by atoms with Crippen molar-refractivity contribution in [2.45, 2.75) is 25.6 Å². The molecule has 1 aromatic carbocycles. The lowest BCUT2D eigenvalue weighted by molar-refractivity contribution is 0.0253. The molecule has 2 amide bonds. The minimum atomic E-state index is -1.02. The van der Waals surface area contributed by atoms with Crippen LogP contribution in [0.4, 0.5) is 9.18 Å². The number of nitrogens with one attached hydrogen (secondary N) is 2. The number of carbonyl (C=O) groups is 1. The van der Waals surface area contributed by atoms with Crippen molar-refractivity contribution in [1.82, 2.24) is 10.6 Å². The highest BCUT2D eigenvalue weighted by molar-refractivity contribution is 6.30. The summed E-state index contributed by atoms with van der Waals surface area (Å²) in [7, 11) is 1.55. The molecule has 1 aromatic rings. The fourth-order valence-corrected chi connectivity index (χ4v) is 1.57. The predicted molar refractivity (Wildman–Crippen MR) is 78.9 cm³/mol. The van der Waals surface area contributed by atoms with Crippen LogP contribution in [0.5, 0.6) is 0 Å². The summed E-state index contributed by atoms with van der Waals surface area (Å²) in [6.07, 6.45) is -1.02. The lowest BCUT2D eigenvalue weighted by Crippen LogP contribution is -2.45. The van der Waals surface area contributed by atoms with Crippen LogP contribution in [-0.2, 0) is 4.74 Å². The Kier molecular flexibility index (Phi) is 6.39. The quantitative estimate of drug-likeness (QED) is 0.753. The molecule has 0 saturated heterocycles. The molecule has 0 bridgehead atoms. The molecule has 0 heterocycles. The van der Waals surface area contributed by atoms with Crippen LogP contribution in [0, 0.1) is 5.82 Å². The van der Waals surface area contributed by atoms with E-state index < -0.39 is 23.6 Å². The van der Waals surface area contributed by atoms with Crippen LogP contribution in [0.3, 0.4) is 0 Å². The van der Waals surface area contributed by atoms with Crippen LogP contribution in [0.1, 0.15) is 25.5 Å². The summed E-state index contributed by atoms with van der Waals surface area (Å²) < 4.78 is 18.4. The molecule has 1 rings (SSSR count). The largest absolute Gasteiger partial charge is 0.387 e. The van der Waals surface area contributed by atoms with Crippen LogP contribution >= 0.6 is 11.6 Å². The molecule has 0 fully saturated rings. The van der Waals surface area contributed by atoms with Crippen molar-refractivity contribution in [3.8, 4) is 0 Å². The molecule has 0 aliphatic rings. The van der Waals surface area contributed by atoms with Gasteiger partial charge < -0.3 is 20.5 Å². The van der Waals surface area contributed by atoms with Gasteiger partial charge in [-0.1, -0.05) is 17.7 Å². The molecular weight excluding hydrogens is 299 g/mol. The third kappa shape index (κ3) is 5.87. The fourth-order valence-electron chi connectivity index (χ4n) is 1.45. The topological polar surface area (TPSA) is 70.6 Å². The van der Waals surface area contributed by atoms with Crippen LogP contribution in [0.15, 0.2) is 18.2 Å². The molecule has 1 atom stereocenters. The number of hydrogen-bond acceptors (Lipinski definition) is 3. The first kappa shape index (κ1) is 17.7. The Balaban J connectivity index is 2.43. The number of aliphatic hydroxyl groups excluding tert-OH is 1. The van der Waals surface area contributed by atoms with Gasteiger partial charge in [0.2, 0.25) is 0 Å². The molecule has 7 heteroatoms. The van der Waals surface area contributed by atoms with Gasteiger partial charge in [0.15, 0.2) is 0 Å². The number of aliphatic hydroxyl groups is 1. The molecule has 0 saturated carbocycles. The zero-order valence-corrected chi connectivity index (χ0v) is 13.0. The smallest absolute Gasteiger partial charge is 0.314 e. The Morgan fingerprint density at radius 2 is 2.14 bits per heavy atom. The van der Waals surface area contributed by atoms with E-state index in [-0.39, 0.29) is 11.6 Å². The minimum Gasteiger partial charge on any atom is -0.387 e. The van der Waals surface area contributed by atoms with Crippen LogP contribution < -0.4 is 10.6 Å². The van der Waals surface area contributed by atoms with Gasteiger partial charge in [-0.05, 0) is 31.5 Å². The third-order valence-electron chi connectivity index (χ3n) is 3.01. The van der Waals surface area contributed by atoms with Crippen molar-refractivity contribution < 1.29 is 19.0 Å². The monoisotopic (exact) mass is 318 g/mol. The van der Waals surface area contributed by atoms with Gasteiger partial charge in [-0.2, -0.15) is 0 Å². The first-order valence-corrected chi connectivity index (χ1v) is 6.83. The molecule has 0 spiro atoms. The summed E-state index contributed by atoms with van der Waals surface area (Å²) >= 11 is 5.56. The molecule has 118 valence electrons. The minimum absolute atomic E-state index is 0.0153. The predicted octanol–water partition coefficient (Wildman–Crippen LogP) is 2.24. The molecular formula is C14H20ClFN2O3. The molecule has 5 nitrogen and oxygen atoms in total. The maximum absolute atomic E-state index is 13.3. The molecule has 3 N–H and O–H groups in total. The van der Waals surface area contributed by atoms with Gasteiger partial charge in [-0.15, -0.1) is 0 Å². The highest BCUT2D eigenvalue weighted by Crippen LogP contribution is 2.19. The Bertz CT molecular complexity index is 497. The van der Waals surface area contributed by atoms with E-state index in [1.807, 2.05) is 13.8 Å². The van der Waals surface area contributed by atoms with E-state index in [1.54, 1.807) is 7.11 Å². The second-order valence-corrected chi connectivity index (χ2v) is 5.62. The lowest BCUT2D eigenvalue weighted by atomic mass is 10.1. The highest BCUT2D eigenvalue weighted by Gasteiger charge is 2.17. The third-order valence-corrected chi connectivity index (χ3v) is 3.32. The maximum atomic E-state index is 13.3. The summed E-state index contributed by atoms with van der Waals surface area (Å²) in [6, 6.07) is 3.56. The van der Waals surface area contributed by atoms with Crippen LogP contribution in [0.25, 0.3) is 0 Å². The zero-order chi connectivity index (χ0) is 16.0. The summed E-state index contributed by atoms with van der Waals surface area (Å²) in [4.78, 5) is 11.6. The number of amides is 2. The van der Waals surface area contributed by atoms with Crippen molar-refractivity contribution in [1.29, 1.82) is 0 Å². The van der Waals surface area contributed by atoms with Gasteiger partial charge >= 0.3 is 6.03 Å². The maximum Gasteiger partial charge on any atom is 0.314 e. The Morgan fingerprint density at radius 3 is 2.71 bits per heavy atom. The first-order valence-electron chi connectivity index (χ1n) is 6.45. The highest BCUT2D eigenvalue weighted by atomic mass is 35.5. The summed E-state index contributed by atoms with van der Waals surface area (Å²) in [5.41, 5.74) is -0.135. The van der Waals surface area contributed by atoms with Crippen molar-refractivity contribution in [3.63, 3.8) is 0 Å². The standard InChI is InChI=1S/C14H20ClFN2O3/c1-14(2,21-3)8-18-13(20)17-7-12(19)9-4-5-10(15)11(16)6-9/h4-6,12,19H,7-8H2,1-3H3,(H2,17,18,20)/t12-/m1/s1. The van der Waals surface area contributed by atoms with E-state index in [1.165, 1.54) is 12.1 Å². The van der Waals surface area contributed by atoms with Gasteiger partial charge in [-0.25, -0.2) is 9.18 Å². The molecule has 0 aliphatic carbocycles. The van der Waals surface area contributed by atoms with Crippen molar-refractivity contribution in [2.75, 3.05) is 20.2 Å². The zero-order valence-electron chi connectivity index (χ0n) is 12.2. The fraction of sp³-hybridized carbons (Fsp3) is 0.500. The first-order chi connectivity index (χ1) is 9.75. The second-order valence-electron chi connectivity index (χ2n) is 5.22. The van der Waals surface area contributed by atoms with Gasteiger partial charge in [0, 0.05) is 20.2 Å². The van der Waals surface area contributed by atoms with Crippen molar-refractivity contribution >= 4 is 17.6 Å². The molecule has 0 unspecified atom stereocenters. The molecule has 0 aliphatic heterocycles.